The van der Waals surface area contributed by atoms with Gasteiger partial charge >= 0.3 is 0 Å². The van der Waals surface area contributed by atoms with Gasteiger partial charge in [0.05, 0.1) is 11.7 Å². The topological polar surface area (TPSA) is 43.7 Å². The summed E-state index contributed by atoms with van der Waals surface area (Å²) in [5.74, 6) is -0.295. The molecule has 1 aliphatic rings. The zero-order chi connectivity index (χ0) is 20.1. The molecule has 150 valence electrons. The molecular weight excluding hydrogens is 358 g/mol. The lowest BCUT2D eigenvalue weighted by molar-refractivity contribution is -0.122. The Hall–Kier alpha value is -2.46. The van der Waals surface area contributed by atoms with Gasteiger partial charge in [0.25, 0.3) is 0 Å². The lowest BCUT2D eigenvalue weighted by Crippen LogP contribution is -2.52. The van der Waals surface area contributed by atoms with Gasteiger partial charge in [0.1, 0.15) is 0 Å². The van der Waals surface area contributed by atoms with Gasteiger partial charge in [0, 0.05) is 25.6 Å². The number of aliphatic hydroxyl groups excluding tert-OH is 1. The highest BCUT2D eigenvalue weighted by Gasteiger charge is 2.46. The summed E-state index contributed by atoms with van der Waals surface area (Å²) < 4.78 is 0. The van der Waals surface area contributed by atoms with E-state index in [4.69, 9.17) is 0 Å². The molecule has 1 saturated heterocycles. The van der Waals surface area contributed by atoms with Gasteiger partial charge in [-0.15, -0.1) is 0 Å². The molecule has 0 amide bonds. The van der Waals surface area contributed by atoms with E-state index in [0.29, 0.717) is 13.0 Å². The van der Waals surface area contributed by atoms with Crippen molar-refractivity contribution in [1.29, 1.82) is 0 Å². The minimum absolute atomic E-state index is 0.295. The molecular formula is C26H29NO2. The number of benzene rings is 3. The molecule has 3 unspecified atom stereocenters. The molecule has 3 nitrogen and oxygen atoms in total. The van der Waals surface area contributed by atoms with Crippen LogP contribution in [0.4, 0.5) is 0 Å². The Balaban J connectivity index is 1.57. The Bertz CT molecular complexity index is 884. The van der Waals surface area contributed by atoms with Crippen molar-refractivity contribution in [3.63, 3.8) is 0 Å². The number of piperidine rings is 1. The van der Waals surface area contributed by atoms with Gasteiger partial charge in [0.15, 0.2) is 0 Å². The Morgan fingerprint density at radius 2 is 1.45 bits per heavy atom. The van der Waals surface area contributed by atoms with Crippen LogP contribution >= 0.6 is 0 Å². The third-order valence-corrected chi connectivity index (χ3v) is 6.23. The number of aliphatic hydroxyl groups is 2. The Morgan fingerprint density at radius 1 is 0.862 bits per heavy atom. The molecule has 1 fully saturated rings. The summed E-state index contributed by atoms with van der Waals surface area (Å²) in [7, 11) is 0. The second-order valence-corrected chi connectivity index (χ2v) is 8.04. The summed E-state index contributed by atoms with van der Waals surface area (Å²) in [4.78, 5) is 2.38. The van der Waals surface area contributed by atoms with Crippen LogP contribution in [0.15, 0.2) is 91.0 Å². The largest absolute Gasteiger partial charge is 0.388 e. The van der Waals surface area contributed by atoms with Crippen molar-refractivity contribution in [2.45, 2.75) is 24.5 Å². The predicted octanol–water partition coefficient (Wildman–Crippen LogP) is 4.17. The monoisotopic (exact) mass is 387 g/mol. The zero-order valence-electron chi connectivity index (χ0n) is 16.7. The van der Waals surface area contributed by atoms with E-state index in [1.54, 1.807) is 0 Å². The first-order chi connectivity index (χ1) is 14.2. The van der Waals surface area contributed by atoms with Crippen molar-refractivity contribution in [3.05, 3.63) is 108 Å². The summed E-state index contributed by atoms with van der Waals surface area (Å²) in [5, 5.41) is 23.0. The van der Waals surface area contributed by atoms with Gasteiger partial charge in [-0.2, -0.15) is 0 Å². The first-order valence-corrected chi connectivity index (χ1v) is 10.4. The van der Waals surface area contributed by atoms with Crippen molar-refractivity contribution < 1.29 is 10.2 Å². The van der Waals surface area contributed by atoms with Crippen LogP contribution in [0.3, 0.4) is 0 Å². The van der Waals surface area contributed by atoms with E-state index in [-0.39, 0.29) is 5.92 Å². The van der Waals surface area contributed by atoms with Gasteiger partial charge in [-0.25, -0.2) is 0 Å². The summed E-state index contributed by atoms with van der Waals surface area (Å²) in [6.45, 7) is 2.40. The molecule has 4 rings (SSSR count). The molecule has 3 atom stereocenters. The Morgan fingerprint density at radius 3 is 2.10 bits per heavy atom. The summed E-state index contributed by atoms with van der Waals surface area (Å²) >= 11 is 0. The summed E-state index contributed by atoms with van der Waals surface area (Å²) in [6.07, 6.45) is 0.861. The molecule has 3 heteroatoms. The van der Waals surface area contributed by atoms with E-state index in [1.807, 2.05) is 66.7 Å². The van der Waals surface area contributed by atoms with Gasteiger partial charge in [0.2, 0.25) is 0 Å². The van der Waals surface area contributed by atoms with E-state index >= 15 is 0 Å². The van der Waals surface area contributed by atoms with Crippen LogP contribution in [0.5, 0.6) is 0 Å². The van der Waals surface area contributed by atoms with Crippen LogP contribution in [0.1, 0.15) is 29.2 Å². The summed E-state index contributed by atoms with van der Waals surface area (Å²) in [6, 6.07) is 30.0. The normalized spacial score (nSPS) is 23.6. The number of nitrogens with zero attached hydrogens (tertiary/aromatic N) is 1. The smallest absolute Gasteiger partial charge is 0.0977 e. The number of likely N-dealkylation sites (tertiary alicyclic amines) is 1. The standard InChI is InChI=1S/C26H29NO2/c28-25(22-12-6-2-7-13-22)24-20-27(18-16-21-10-4-1-5-11-21)19-17-26(24,29)23-14-8-3-9-15-23/h1-15,24-25,28-29H,16-20H2. The predicted molar refractivity (Wildman–Crippen MR) is 116 cm³/mol. The fourth-order valence-corrected chi connectivity index (χ4v) is 4.50. The molecule has 0 saturated carbocycles. The number of hydrogen-bond donors (Lipinski definition) is 2. The van der Waals surface area contributed by atoms with E-state index in [9.17, 15) is 10.2 Å². The maximum absolute atomic E-state index is 11.8. The van der Waals surface area contributed by atoms with Crippen LogP contribution in [-0.2, 0) is 12.0 Å². The molecule has 1 aliphatic heterocycles. The fourth-order valence-electron chi connectivity index (χ4n) is 4.50. The minimum Gasteiger partial charge on any atom is -0.388 e. The third-order valence-electron chi connectivity index (χ3n) is 6.23. The lowest BCUT2D eigenvalue weighted by atomic mass is 9.72. The van der Waals surface area contributed by atoms with Crippen molar-refractivity contribution in [2.24, 2.45) is 5.92 Å². The summed E-state index contributed by atoms with van der Waals surface area (Å²) in [5.41, 5.74) is 2.02. The van der Waals surface area contributed by atoms with Gasteiger partial charge < -0.3 is 15.1 Å². The first-order valence-electron chi connectivity index (χ1n) is 10.4. The maximum atomic E-state index is 11.8. The van der Waals surface area contributed by atoms with Crippen LogP contribution in [0.25, 0.3) is 0 Å². The SMILES string of the molecule is OC(c1ccccc1)C1CN(CCc2ccccc2)CCC1(O)c1ccccc1. The third kappa shape index (κ3) is 4.43. The van der Waals surface area contributed by atoms with Crippen LogP contribution in [0, 0.1) is 5.92 Å². The highest BCUT2D eigenvalue weighted by molar-refractivity contribution is 5.28. The van der Waals surface area contributed by atoms with E-state index in [2.05, 4.69) is 29.2 Å². The molecule has 3 aromatic carbocycles. The molecule has 0 radical (unpaired) electrons. The molecule has 3 aromatic rings. The van der Waals surface area contributed by atoms with Crippen molar-refractivity contribution in [3.8, 4) is 0 Å². The Kier molecular flexibility index (Phi) is 6.10. The van der Waals surface area contributed by atoms with Crippen molar-refractivity contribution >= 4 is 0 Å². The molecule has 0 bridgehead atoms. The van der Waals surface area contributed by atoms with Crippen molar-refractivity contribution in [1.82, 2.24) is 4.90 Å². The highest BCUT2D eigenvalue weighted by Crippen LogP contribution is 2.43. The van der Waals surface area contributed by atoms with E-state index in [0.717, 1.165) is 30.6 Å². The van der Waals surface area contributed by atoms with Gasteiger partial charge in [-0.05, 0) is 29.5 Å². The van der Waals surface area contributed by atoms with Crippen LogP contribution < -0.4 is 0 Å². The lowest BCUT2D eigenvalue weighted by Gasteiger charge is -2.47. The fraction of sp³-hybridized carbons (Fsp3) is 0.308. The molecule has 29 heavy (non-hydrogen) atoms. The maximum Gasteiger partial charge on any atom is 0.0977 e. The second kappa shape index (κ2) is 8.91. The number of hydrogen-bond acceptors (Lipinski definition) is 3. The molecule has 0 aliphatic carbocycles. The quantitative estimate of drug-likeness (QED) is 0.667. The molecule has 0 spiro atoms. The Labute approximate surface area is 173 Å². The molecule has 0 aromatic heterocycles. The highest BCUT2D eigenvalue weighted by atomic mass is 16.3. The second-order valence-electron chi connectivity index (χ2n) is 8.04. The number of rotatable bonds is 6. The van der Waals surface area contributed by atoms with Crippen LogP contribution in [0.2, 0.25) is 0 Å². The first kappa shape index (κ1) is 19.8. The zero-order valence-corrected chi connectivity index (χ0v) is 16.7. The molecule has 1 heterocycles. The van der Waals surface area contributed by atoms with Gasteiger partial charge in [-0.3, -0.25) is 0 Å². The molecule has 2 N–H and O–H groups in total. The average molecular weight is 388 g/mol. The van der Waals surface area contributed by atoms with Crippen LogP contribution in [-0.4, -0.2) is 34.7 Å². The minimum atomic E-state index is -1.04. The average Bonchev–Trinajstić information content (AvgIpc) is 2.80. The van der Waals surface area contributed by atoms with Crippen molar-refractivity contribution in [2.75, 3.05) is 19.6 Å². The van der Waals surface area contributed by atoms with E-state index in [1.165, 1.54) is 5.56 Å². The van der Waals surface area contributed by atoms with Gasteiger partial charge in [-0.1, -0.05) is 91.0 Å². The van der Waals surface area contributed by atoms with E-state index < -0.39 is 11.7 Å².